The molecule has 0 fully saturated rings. The zero-order chi connectivity index (χ0) is 9.78. The average Bonchev–Trinajstić information content (AvgIpc) is 1.97. The van der Waals surface area contributed by atoms with Crippen LogP contribution in [-0.2, 0) is 0 Å². The molecule has 0 aliphatic rings. The highest BCUT2D eigenvalue weighted by molar-refractivity contribution is 4.86. The van der Waals surface area contributed by atoms with Crippen LogP contribution in [0.2, 0.25) is 0 Å². The third-order valence-corrected chi connectivity index (χ3v) is 1.47. The first kappa shape index (κ1) is 11.1. The first-order valence-electron chi connectivity index (χ1n) is 4.18. The van der Waals surface area contributed by atoms with Crippen LogP contribution in [0, 0.1) is 17.2 Å². The van der Waals surface area contributed by atoms with Crippen molar-refractivity contribution in [3.63, 3.8) is 0 Å². The lowest BCUT2D eigenvalue weighted by Gasteiger charge is -2.12. The minimum Gasteiger partial charge on any atom is -0.198 e. The summed E-state index contributed by atoms with van der Waals surface area (Å²) >= 11 is 0. The average molecular weight is 167 g/mol. The minimum atomic E-state index is -0.135. The molecule has 0 amide bonds. The van der Waals surface area contributed by atoms with Crippen molar-refractivity contribution >= 4 is 0 Å². The van der Waals surface area contributed by atoms with E-state index in [0.717, 1.165) is 0 Å². The maximum Gasteiger partial charge on any atom is 0.0835 e. The molecule has 0 aliphatic carbocycles. The molecule has 0 spiro atoms. The zero-order valence-electron chi connectivity index (χ0n) is 8.50. The Labute approximate surface area is 74.5 Å². The first-order chi connectivity index (χ1) is 5.37. The van der Waals surface area contributed by atoms with E-state index in [-0.39, 0.29) is 17.5 Å². The summed E-state index contributed by atoms with van der Waals surface area (Å²) in [5.74, 6) is -0.0592. The van der Waals surface area contributed by atoms with Crippen molar-refractivity contribution in [3.8, 4) is 6.07 Å². The molecule has 0 saturated carbocycles. The van der Waals surface area contributed by atoms with Gasteiger partial charge in [-0.3, -0.25) is 0 Å². The maximum atomic E-state index is 8.58. The predicted molar refractivity (Wildman–Crippen MR) is 48.8 cm³/mol. The number of hydrogen-bond acceptors (Lipinski definition) is 3. The normalized spacial score (nSPS) is 17.3. The van der Waals surface area contributed by atoms with Crippen molar-refractivity contribution in [1.82, 2.24) is 0 Å². The van der Waals surface area contributed by atoms with Gasteiger partial charge in [0.2, 0.25) is 0 Å². The molecule has 0 bridgehead atoms. The summed E-state index contributed by atoms with van der Waals surface area (Å²) < 4.78 is 0. The minimum absolute atomic E-state index is 0.00535. The molecule has 2 atom stereocenters. The number of nitriles is 1. The third-order valence-electron chi connectivity index (χ3n) is 1.47. The van der Waals surface area contributed by atoms with Gasteiger partial charge in [0.1, 0.15) is 0 Å². The largest absolute Gasteiger partial charge is 0.198 e. The van der Waals surface area contributed by atoms with Crippen molar-refractivity contribution in [2.45, 2.75) is 46.2 Å². The van der Waals surface area contributed by atoms with Crippen LogP contribution < -0.4 is 0 Å². The van der Waals surface area contributed by atoms with Gasteiger partial charge in [0.15, 0.2) is 0 Å². The highest BCUT2D eigenvalue weighted by Crippen LogP contribution is 2.11. The Bertz CT molecular complexity index is 195. The lowest BCUT2D eigenvalue weighted by atomic mass is 10.1. The third kappa shape index (κ3) is 4.84. The van der Waals surface area contributed by atoms with E-state index in [1.54, 1.807) is 0 Å². The molecule has 0 aromatic carbocycles. The molecule has 3 heteroatoms. The summed E-state index contributed by atoms with van der Waals surface area (Å²) in [7, 11) is 0. The molecule has 0 aromatic rings. The van der Waals surface area contributed by atoms with Gasteiger partial charge < -0.3 is 0 Å². The number of hydrogen-bond donors (Lipinski definition) is 0. The van der Waals surface area contributed by atoms with Crippen LogP contribution in [0.15, 0.2) is 10.2 Å². The Morgan fingerprint density at radius 3 is 2.08 bits per heavy atom. The summed E-state index contributed by atoms with van der Waals surface area (Å²) in [6, 6.07) is 2.14. The Balaban J connectivity index is 4.11. The Kier molecular flexibility index (Phi) is 3.88. The van der Waals surface area contributed by atoms with E-state index >= 15 is 0 Å². The molecule has 0 aliphatic heterocycles. The van der Waals surface area contributed by atoms with Crippen LogP contribution >= 0.6 is 0 Å². The Hall–Kier alpha value is -0.910. The number of rotatable bonds is 2. The molecule has 68 valence electrons. The maximum absolute atomic E-state index is 8.58. The molecule has 0 heterocycles. The van der Waals surface area contributed by atoms with E-state index in [2.05, 4.69) is 16.3 Å². The molecular weight excluding hydrogens is 150 g/mol. The van der Waals surface area contributed by atoms with Crippen LogP contribution in [0.1, 0.15) is 34.6 Å². The van der Waals surface area contributed by atoms with E-state index in [1.165, 1.54) is 0 Å². The van der Waals surface area contributed by atoms with Gasteiger partial charge in [-0.1, -0.05) is 0 Å². The molecular formula is C9H17N3. The first-order valence-corrected chi connectivity index (χ1v) is 4.18. The van der Waals surface area contributed by atoms with Gasteiger partial charge in [0.25, 0.3) is 0 Å². The second kappa shape index (κ2) is 4.20. The second-order valence-corrected chi connectivity index (χ2v) is 4.04. The van der Waals surface area contributed by atoms with Crippen molar-refractivity contribution in [1.29, 1.82) is 5.26 Å². The molecule has 0 radical (unpaired) electrons. The van der Waals surface area contributed by atoms with E-state index in [1.807, 2.05) is 34.6 Å². The van der Waals surface area contributed by atoms with E-state index in [9.17, 15) is 0 Å². The summed E-state index contributed by atoms with van der Waals surface area (Å²) in [5.41, 5.74) is -0.135. The monoisotopic (exact) mass is 167 g/mol. The van der Waals surface area contributed by atoms with Gasteiger partial charge >= 0.3 is 0 Å². The SMILES string of the molecule is CC(C#N)C(C)/N=N/C(C)(C)C. The van der Waals surface area contributed by atoms with Gasteiger partial charge in [-0.2, -0.15) is 15.5 Å². The lowest BCUT2D eigenvalue weighted by Crippen LogP contribution is -2.13. The van der Waals surface area contributed by atoms with Crippen LogP contribution in [0.3, 0.4) is 0 Å². The van der Waals surface area contributed by atoms with Crippen LogP contribution in [0.4, 0.5) is 0 Å². The summed E-state index contributed by atoms with van der Waals surface area (Å²) in [4.78, 5) is 0. The van der Waals surface area contributed by atoms with Crippen LogP contribution in [0.25, 0.3) is 0 Å². The topological polar surface area (TPSA) is 48.5 Å². The van der Waals surface area contributed by atoms with E-state index in [0.29, 0.717) is 0 Å². The lowest BCUT2D eigenvalue weighted by molar-refractivity contribution is 0.485. The fourth-order valence-corrected chi connectivity index (χ4v) is 0.472. The summed E-state index contributed by atoms with van der Waals surface area (Å²) in [6.45, 7) is 9.72. The van der Waals surface area contributed by atoms with Gasteiger partial charge in [0, 0.05) is 0 Å². The predicted octanol–water partition coefficient (Wildman–Crippen LogP) is 2.79. The number of azo groups is 1. The highest BCUT2D eigenvalue weighted by Gasteiger charge is 2.12. The standard InChI is InChI=1S/C9H17N3/c1-7(6-10)8(2)11-12-9(3,4)5/h7-8H,1-5H3/b12-11+. The van der Waals surface area contributed by atoms with E-state index in [4.69, 9.17) is 5.26 Å². The molecule has 0 rings (SSSR count). The highest BCUT2D eigenvalue weighted by atomic mass is 15.2. The molecule has 0 aromatic heterocycles. The van der Waals surface area contributed by atoms with Gasteiger partial charge in [-0.15, -0.1) is 0 Å². The van der Waals surface area contributed by atoms with Crippen molar-refractivity contribution in [3.05, 3.63) is 0 Å². The van der Waals surface area contributed by atoms with Crippen molar-refractivity contribution < 1.29 is 0 Å². The molecule has 12 heavy (non-hydrogen) atoms. The summed E-state index contributed by atoms with van der Waals surface area (Å²) in [5, 5.41) is 16.8. The smallest absolute Gasteiger partial charge is 0.0835 e. The Morgan fingerprint density at radius 2 is 1.75 bits per heavy atom. The zero-order valence-corrected chi connectivity index (χ0v) is 8.50. The molecule has 2 unspecified atom stereocenters. The van der Waals surface area contributed by atoms with E-state index < -0.39 is 0 Å². The van der Waals surface area contributed by atoms with Crippen molar-refractivity contribution in [2.75, 3.05) is 0 Å². The fourth-order valence-electron chi connectivity index (χ4n) is 0.472. The van der Waals surface area contributed by atoms with Crippen molar-refractivity contribution in [2.24, 2.45) is 16.1 Å². The molecule has 0 N–H and O–H groups in total. The van der Waals surface area contributed by atoms with Gasteiger partial charge in [-0.05, 0) is 34.6 Å². The molecule has 0 saturated heterocycles. The Morgan fingerprint density at radius 1 is 1.25 bits per heavy atom. The molecule has 3 nitrogen and oxygen atoms in total. The number of nitrogens with zero attached hydrogens (tertiary/aromatic N) is 3. The van der Waals surface area contributed by atoms with Gasteiger partial charge in [0.05, 0.1) is 23.6 Å². The van der Waals surface area contributed by atoms with Crippen LogP contribution in [-0.4, -0.2) is 11.6 Å². The van der Waals surface area contributed by atoms with Crippen LogP contribution in [0.5, 0.6) is 0 Å². The van der Waals surface area contributed by atoms with Gasteiger partial charge in [-0.25, -0.2) is 0 Å². The fraction of sp³-hybridized carbons (Fsp3) is 0.889. The quantitative estimate of drug-likeness (QED) is 0.583. The second-order valence-electron chi connectivity index (χ2n) is 4.04. The summed E-state index contributed by atoms with van der Waals surface area (Å²) in [6.07, 6.45) is 0.